The van der Waals surface area contributed by atoms with E-state index in [1.165, 1.54) is 12.1 Å². The highest BCUT2D eigenvalue weighted by Crippen LogP contribution is 2.23. The first kappa shape index (κ1) is 17.7. The summed E-state index contributed by atoms with van der Waals surface area (Å²) in [7, 11) is 1.62. The van der Waals surface area contributed by atoms with Gasteiger partial charge in [0.25, 0.3) is 5.91 Å². The van der Waals surface area contributed by atoms with Gasteiger partial charge in [0.2, 0.25) is 0 Å². The predicted molar refractivity (Wildman–Crippen MR) is 97.5 cm³/mol. The van der Waals surface area contributed by atoms with Gasteiger partial charge in [-0.05, 0) is 61.0 Å². The van der Waals surface area contributed by atoms with Gasteiger partial charge >= 0.3 is 0 Å². The molecule has 0 saturated heterocycles. The van der Waals surface area contributed by atoms with Gasteiger partial charge in [0.15, 0.2) is 5.76 Å². The van der Waals surface area contributed by atoms with Crippen molar-refractivity contribution in [3.63, 3.8) is 0 Å². The average molecular weight is 353 g/mol. The summed E-state index contributed by atoms with van der Waals surface area (Å²) in [5.74, 6) is 1.08. The summed E-state index contributed by atoms with van der Waals surface area (Å²) in [6, 6.07) is 16.9. The number of amides is 1. The number of benzene rings is 2. The average Bonchev–Trinajstić information content (AvgIpc) is 3.17. The van der Waals surface area contributed by atoms with Gasteiger partial charge in [0.05, 0.1) is 7.11 Å². The van der Waals surface area contributed by atoms with Crippen molar-refractivity contribution in [1.82, 2.24) is 4.90 Å². The van der Waals surface area contributed by atoms with Crippen molar-refractivity contribution in [2.24, 2.45) is 0 Å². The van der Waals surface area contributed by atoms with Crippen molar-refractivity contribution in [3.8, 4) is 17.1 Å². The molecule has 3 aromatic rings. The van der Waals surface area contributed by atoms with Crippen molar-refractivity contribution in [2.75, 3.05) is 13.7 Å². The molecule has 0 saturated carbocycles. The fraction of sp³-hybridized carbons (Fsp3) is 0.190. The van der Waals surface area contributed by atoms with E-state index >= 15 is 0 Å². The predicted octanol–water partition coefficient (Wildman–Crippen LogP) is 4.76. The first-order chi connectivity index (χ1) is 12.6. The lowest BCUT2D eigenvalue weighted by molar-refractivity contribution is 0.0721. The number of carbonyl (C=O) groups is 1. The SMILES string of the molecule is CCN(Cc1ccc(OC)cc1)C(=O)c1ccc(-c2ccc(F)cc2)o1. The minimum absolute atomic E-state index is 0.184. The van der Waals surface area contributed by atoms with Crippen molar-refractivity contribution in [1.29, 1.82) is 0 Å². The molecule has 0 bridgehead atoms. The first-order valence-electron chi connectivity index (χ1n) is 8.38. The van der Waals surface area contributed by atoms with Crippen molar-refractivity contribution in [3.05, 3.63) is 77.8 Å². The van der Waals surface area contributed by atoms with Crippen molar-refractivity contribution >= 4 is 5.91 Å². The van der Waals surface area contributed by atoms with Gasteiger partial charge in [0, 0.05) is 18.7 Å². The number of ether oxygens (including phenoxy) is 1. The summed E-state index contributed by atoms with van der Waals surface area (Å²) in [4.78, 5) is 14.5. The Balaban J connectivity index is 1.74. The minimum atomic E-state index is -0.312. The highest BCUT2D eigenvalue weighted by atomic mass is 19.1. The molecule has 3 rings (SSSR count). The molecule has 1 amide bonds. The monoisotopic (exact) mass is 353 g/mol. The molecular formula is C21H20FNO3. The number of carbonyl (C=O) groups excluding carboxylic acids is 1. The van der Waals surface area contributed by atoms with E-state index < -0.39 is 0 Å². The van der Waals surface area contributed by atoms with Crippen LogP contribution >= 0.6 is 0 Å². The van der Waals surface area contributed by atoms with Crippen molar-refractivity contribution in [2.45, 2.75) is 13.5 Å². The van der Waals surface area contributed by atoms with E-state index in [4.69, 9.17) is 9.15 Å². The molecule has 0 aliphatic carbocycles. The van der Waals surface area contributed by atoms with E-state index in [9.17, 15) is 9.18 Å². The Kier molecular flexibility index (Phi) is 5.37. The second-order valence-electron chi connectivity index (χ2n) is 5.84. The molecule has 0 aliphatic rings. The van der Waals surface area contributed by atoms with Crippen LogP contribution in [0, 0.1) is 5.82 Å². The van der Waals surface area contributed by atoms with Gasteiger partial charge in [0.1, 0.15) is 17.3 Å². The Morgan fingerprint density at radius 2 is 1.73 bits per heavy atom. The Labute approximate surface area is 151 Å². The molecule has 0 radical (unpaired) electrons. The minimum Gasteiger partial charge on any atom is -0.497 e. The van der Waals surface area contributed by atoms with E-state index in [0.717, 1.165) is 16.9 Å². The van der Waals surface area contributed by atoms with Crippen LogP contribution in [0.4, 0.5) is 4.39 Å². The van der Waals surface area contributed by atoms with Gasteiger partial charge in [-0.2, -0.15) is 0 Å². The van der Waals surface area contributed by atoms with Crippen LogP contribution in [0.2, 0.25) is 0 Å². The highest BCUT2D eigenvalue weighted by molar-refractivity contribution is 5.92. The van der Waals surface area contributed by atoms with E-state index in [1.54, 1.807) is 36.3 Å². The second-order valence-corrected chi connectivity index (χ2v) is 5.84. The van der Waals surface area contributed by atoms with Gasteiger partial charge in [-0.25, -0.2) is 4.39 Å². The molecule has 0 spiro atoms. The van der Waals surface area contributed by atoms with Gasteiger partial charge in [-0.1, -0.05) is 12.1 Å². The zero-order chi connectivity index (χ0) is 18.5. The van der Waals surface area contributed by atoms with Crippen LogP contribution in [0.25, 0.3) is 11.3 Å². The standard InChI is InChI=1S/C21H20FNO3/c1-3-23(14-15-4-10-18(25-2)11-5-15)21(24)20-13-12-19(26-20)16-6-8-17(22)9-7-16/h4-13H,3,14H2,1-2H3. The van der Waals surface area contributed by atoms with Crippen LogP contribution in [-0.2, 0) is 6.54 Å². The van der Waals surface area contributed by atoms with E-state index in [2.05, 4.69) is 0 Å². The summed E-state index contributed by atoms with van der Waals surface area (Å²) in [5.41, 5.74) is 1.73. The fourth-order valence-corrected chi connectivity index (χ4v) is 2.66. The van der Waals surface area contributed by atoms with Crippen LogP contribution in [0.3, 0.4) is 0 Å². The molecule has 2 aromatic carbocycles. The number of rotatable bonds is 6. The van der Waals surface area contributed by atoms with E-state index in [-0.39, 0.29) is 17.5 Å². The number of hydrogen-bond donors (Lipinski definition) is 0. The molecule has 0 N–H and O–H groups in total. The lowest BCUT2D eigenvalue weighted by atomic mass is 10.2. The molecule has 0 unspecified atom stereocenters. The van der Waals surface area contributed by atoms with Gasteiger partial charge in [-0.3, -0.25) is 4.79 Å². The fourth-order valence-electron chi connectivity index (χ4n) is 2.66. The topological polar surface area (TPSA) is 42.7 Å². The third-order valence-corrected chi connectivity index (χ3v) is 4.15. The normalized spacial score (nSPS) is 10.6. The molecule has 26 heavy (non-hydrogen) atoms. The second kappa shape index (κ2) is 7.87. The Hall–Kier alpha value is -3.08. The lowest BCUT2D eigenvalue weighted by Crippen LogP contribution is -2.29. The maximum Gasteiger partial charge on any atom is 0.289 e. The third kappa shape index (κ3) is 3.94. The molecule has 0 fully saturated rings. The maximum absolute atomic E-state index is 13.0. The number of nitrogens with zero attached hydrogens (tertiary/aromatic N) is 1. The van der Waals surface area contributed by atoms with E-state index in [1.807, 2.05) is 31.2 Å². The Morgan fingerprint density at radius 1 is 1.04 bits per heavy atom. The van der Waals surface area contributed by atoms with Crippen LogP contribution in [-0.4, -0.2) is 24.5 Å². The largest absolute Gasteiger partial charge is 0.497 e. The molecule has 4 nitrogen and oxygen atoms in total. The molecule has 5 heteroatoms. The molecule has 134 valence electrons. The molecular weight excluding hydrogens is 333 g/mol. The highest BCUT2D eigenvalue weighted by Gasteiger charge is 2.19. The summed E-state index contributed by atoms with van der Waals surface area (Å²) < 4.78 is 23.9. The van der Waals surface area contributed by atoms with Crippen LogP contribution in [0.1, 0.15) is 23.0 Å². The van der Waals surface area contributed by atoms with E-state index in [0.29, 0.717) is 18.8 Å². The van der Waals surface area contributed by atoms with Crippen LogP contribution in [0.15, 0.2) is 65.1 Å². The van der Waals surface area contributed by atoms with Crippen LogP contribution in [0.5, 0.6) is 5.75 Å². The maximum atomic E-state index is 13.0. The summed E-state index contributed by atoms with van der Waals surface area (Å²) in [6.07, 6.45) is 0. The number of hydrogen-bond acceptors (Lipinski definition) is 3. The number of halogens is 1. The summed E-state index contributed by atoms with van der Waals surface area (Å²) in [6.45, 7) is 2.95. The molecule has 1 heterocycles. The third-order valence-electron chi connectivity index (χ3n) is 4.15. The lowest BCUT2D eigenvalue weighted by Gasteiger charge is -2.20. The molecule has 0 aliphatic heterocycles. The zero-order valence-electron chi connectivity index (χ0n) is 14.7. The quantitative estimate of drug-likeness (QED) is 0.642. The summed E-state index contributed by atoms with van der Waals surface area (Å²) >= 11 is 0. The Bertz CT molecular complexity index is 869. The summed E-state index contributed by atoms with van der Waals surface area (Å²) in [5, 5.41) is 0. The number of methoxy groups -OCH3 is 1. The zero-order valence-corrected chi connectivity index (χ0v) is 14.7. The van der Waals surface area contributed by atoms with Crippen molar-refractivity contribution < 1.29 is 18.3 Å². The molecule has 1 aromatic heterocycles. The van der Waals surface area contributed by atoms with Gasteiger partial charge < -0.3 is 14.1 Å². The smallest absolute Gasteiger partial charge is 0.289 e. The van der Waals surface area contributed by atoms with Gasteiger partial charge in [-0.15, -0.1) is 0 Å². The molecule has 0 atom stereocenters. The number of furan rings is 1. The Morgan fingerprint density at radius 3 is 2.35 bits per heavy atom. The first-order valence-corrected chi connectivity index (χ1v) is 8.38. The van der Waals surface area contributed by atoms with Crippen LogP contribution < -0.4 is 4.74 Å².